The zero-order valence-electron chi connectivity index (χ0n) is 12.8. The first-order valence-corrected chi connectivity index (χ1v) is 7.91. The lowest BCUT2D eigenvalue weighted by Crippen LogP contribution is -2.28. The van der Waals surface area contributed by atoms with Gasteiger partial charge in [0.05, 0.1) is 6.21 Å². The van der Waals surface area contributed by atoms with Gasteiger partial charge in [0.1, 0.15) is 17.3 Å². The molecule has 1 aliphatic carbocycles. The average Bonchev–Trinajstić information content (AvgIpc) is 3.05. The van der Waals surface area contributed by atoms with Crippen molar-refractivity contribution < 1.29 is 13.6 Å². The first-order chi connectivity index (χ1) is 11.2. The van der Waals surface area contributed by atoms with Gasteiger partial charge in [0.25, 0.3) is 0 Å². The van der Waals surface area contributed by atoms with Gasteiger partial charge in [-0.3, -0.25) is 4.79 Å². The van der Waals surface area contributed by atoms with Gasteiger partial charge < -0.3 is 4.42 Å². The van der Waals surface area contributed by atoms with Gasteiger partial charge in [0.15, 0.2) is 0 Å². The van der Waals surface area contributed by atoms with Crippen LogP contribution in [0.5, 0.6) is 0 Å². The normalized spacial score (nSPS) is 15.9. The lowest BCUT2D eigenvalue weighted by atomic mass is 9.89. The monoisotopic (exact) mass is 314 g/mol. The molecule has 1 amide bonds. The Morgan fingerprint density at radius 1 is 1.13 bits per heavy atom. The van der Waals surface area contributed by atoms with Crippen LogP contribution in [0.15, 0.2) is 45.9 Å². The van der Waals surface area contributed by atoms with Crippen LogP contribution in [0.2, 0.25) is 0 Å². The van der Waals surface area contributed by atoms with Gasteiger partial charge >= 0.3 is 0 Å². The largest absolute Gasteiger partial charge is 0.455 e. The number of benzene rings is 1. The van der Waals surface area contributed by atoms with Crippen LogP contribution in [-0.4, -0.2) is 12.1 Å². The number of nitrogens with one attached hydrogen (secondary N) is 1. The van der Waals surface area contributed by atoms with E-state index in [2.05, 4.69) is 10.5 Å². The van der Waals surface area contributed by atoms with E-state index in [0.717, 1.165) is 31.2 Å². The number of halogens is 1. The van der Waals surface area contributed by atoms with Crippen molar-refractivity contribution in [3.63, 3.8) is 0 Å². The van der Waals surface area contributed by atoms with E-state index in [1.807, 2.05) is 0 Å². The molecule has 1 aromatic heterocycles. The topological polar surface area (TPSA) is 54.6 Å². The summed E-state index contributed by atoms with van der Waals surface area (Å²) in [6.07, 6.45) is 6.80. The van der Waals surface area contributed by atoms with Crippen LogP contribution < -0.4 is 5.43 Å². The molecular weight excluding hydrogens is 295 g/mol. The number of hydrogen-bond donors (Lipinski definition) is 1. The minimum atomic E-state index is -0.285. The predicted octanol–water partition coefficient (Wildman–Crippen LogP) is 4.12. The summed E-state index contributed by atoms with van der Waals surface area (Å²) in [4.78, 5) is 12.0. The number of amides is 1. The van der Waals surface area contributed by atoms with E-state index >= 15 is 0 Å². The van der Waals surface area contributed by atoms with Crippen LogP contribution in [0.4, 0.5) is 4.39 Å². The lowest BCUT2D eigenvalue weighted by molar-refractivity contribution is -0.125. The van der Waals surface area contributed by atoms with Crippen molar-refractivity contribution in [3.8, 4) is 11.3 Å². The minimum absolute atomic E-state index is 0.0220. The molecule has 1 fully saturated rings. The van der Waals surface area contributed by atoms with Crippen molar-refractivity contribution in [2.45, 2.75) is 32.1 Å². The predicted molar refractivity (Wildman–Crippen MR) is 86.4 cm³/mol. The molecule has 0 unspecified atom stereocenters. The lowest BCUT2D eigenvalue weighted by Gasteiger charge is -2.19. The molecule has 0 saturated heterocycles. The maximum atomic E-state index is 12.9. The van der Waals surface area contributed by atoms with E-state index in [0.29, 0.717) is 11.5 Å². The van der Waals surface area contributed by atoms with Gasteiger partial charge in [-0.1, -0.05) is 19.3 Å². The fourth-order valence-electron chi connectivity index (χ4n) is 2.81. The molecule has 4 nitrogen and oxygen atoms in total. The van der Waals surface area contributed by atoms with Crippen molar-refractivity contribution in [3.05, 3.63) is 48.0 Å². The second-order valence-electron chi connectivity index (χ2n) is 5.78. The molecule has 1 saturated carbocycles. The zero-order valence-corrected chi connectivity index (χ0v) is 12.8. The number of rotatable bonds is 4. The number of furan rings is 1. The molecule has 1 N–H and O–H groups in total. The third-order valence-corrected chi connectivity index (χ3v) is 4.10. The SMILES string of the molecule is O=C(N/N=C/c1ccc(-c2ccc(F)cc2)o1)C1CCCCC1. The van der Waals surface area contributed by atoms with Crippen LogP contribution in [0.3, 0.4) is 0 Å². The van der Waals surface area contributed by atoms with Crippen molar-refractivity contribution in [2.24, 2.45) is 11.0 Å². The molecule has 1 aromatic carbocycles. The smallest absolute Gasteiger partial charge is 0.243 e. The molecule has 0 radical (unpaired) electrons. The Morgan fingerprint density at radius 3 is 2.61 bits per heavy atom. The molecule has 0 bridgehead atoms. The van der Waals surface area contributed by atoms with E-state index in [1.165, 1.54) is 24.8 Å². The summed E-state index contributed by atoms with van der Waals surface area (Å²) in [5, 5.41) is 3.96. The highest BCUT2D eigenvalue weighted by molar-refractivity contribution is 5.82. The second-order valence-corrected chi connectivity index (χ2v) is 5.78. The standard InChI is InChI=1S/C18H19FN2O2/c19-15-8-6-13(7-9-15)17-11-10-16(23-17)12-20-21-18(22)14-4-2-1-3-5-14/h6-12,14H,1-5H2,(H,21,22)/b20-12+. The van der Waals surface area contributed by atoms with Crippen LogP contribution >= 0.6 is 0 Å². The highest BCUT2D eigenvalue weighted by Crippen LogP contribution is 2.24. The summed E-state index contributed by atoms with van der Waals surface area (Å²) >= 11 is 0. The molecule has 3 rings (SSSR count). The molecule has 0 spiro atoms. The third-order valence-electron chi connectivity index (χ3n) is 4.10. The molecule has 0 aliphatic heterocycles. The van der Waals surface area contributed by atoms with Crippen molar-refractivity contribution >= 4 is 12.1 Å². The van der Waals surface area contributed by atoms with Crippen LogP contribution in [-0.2, 0) is 4.79 Å². The van der Waals surface area contributed by atoms with Gasteiger partial charge in [0, 0.05) is 11.5 Å². The van der Waals surface area contributed by atoms with E-state index in [1.54, 1.807) is 24.3 Å². The number of nitrogens with zero attached hydrogens (tertiary/aromatic N) is 1. The van der Waals surface area contributed by atoms with Gasteiger partial charge in [-0.25, -0.2) is 9.82 Å². The van der Waals surface area contributed by atoms with Gasteiger partial charge in [0.2, 0.25) is 5.91 Å². The number of carbonyl (C=O) groups is 1. The summed E-state index contributed by atoms with van der Waals surface area (Å²) in [5.41, 5.74) is 3.37. The molecule has 2 aromatic rings. The quantitative estimate of drug-likeness (QED) is 0.682. The third kappa shape index (κ3) is 4.06. The Labute approximate surface area is 134 Å². The van der Waals surface area contributed by atoms with Crippen LogP contribution in [0.25, 0.3) is 11.3 Å². The fraction of sp³-hybridized carbons (Fsp3) is 0.333. The molecule has 23 heavy (non-hydrogen) atoms. The Kier molecular flexibility index (Phi) is 4.86. The Hall–Kier alpha value is -2.43. The van der Waals surface area contributed by atoms with E-state index in [-0.39, 0.29) is 17.6 Å². The number of hydrogen-bond acceptors (Lipinski definition) is 3. The summed E-state index contributed by atoms with van der Waals surface area (Å²) in [6, 6.07) is 9.62. The van der Waals surface area contributed by atoms with Crippen molar-refractivity contribution in [1.82, 2.24) is 5.43 Å². The molecule has 5 heteroatoms. The maximum absolute atomic E-state index is 12.9. The van der Waals surface area contributed by atoms with Gasteiger partial charge in [-0.05, 0) is 49.2 Å². The maximum Gasteiger partial charge on any atom is 0.243 e. The molecule has 1 heterocycles. The number of carbonyl (C=O) groups excluding carboxylic acids is 1. The van der Waals surface area contributed by atoms with Crippen LogP contribution in [0, 0.1) is 11.7 Å². The van der Waals surface area contributed by atoms with E-state index < -0.39 is 0 Å². The summed E-state index contributed by atoms with van der Waals surface area (Å²) in [6.45, 7) is 0. The average molecular weight is 314 g/mol. The molecule has 0 atom stereocenters. The van der Waals surface area contributed by atoms with Gasteiger partial charge in [-0.2, -0.15) is 5.10 Å². The zero-order chi connectivity index (χ0) is 16.1. The second kappa shape index (κ2) is 7.22. The molecule has 1 aliphatic rings. The summed E-state index contributed by atoms with van der Waals surface area (Å²) in [7, 11) is 0. The Balaban J connectivity index is 1.58. The Morgan fingerprint density at radius 2 is 1.87 bits per heavy atom. The number of hydrazone groups is 1. The highest BCUT2D eigenvalue weighted by atomic mass is 19.1. The fourth-order valence-corrected chi connectivity index (χ4v) is 2.81. The Bertz CT molecular complexity index is 685. The summed E-state index contributed by atoms with van der Waals surface area (Å²) in [5.74, 6) is 0.935. The first-order valence-electron chi connectivity index (χ1n) is 7.91. The van der Waals surface area contributed by atoms with Crippen molar-refractivity contribution in [1.29, 1.82) is 0 Å². The van der Waals surface area contributed by atoms with Crippen molar-refractivity contribution in [2.75, 3.05) is 0 Å². The molecule has 120 valence electrons. The van der Waals surface area contributed by atoms with E-state index in [4.69, 9.17) is 4.42 Å². The minimum Gasteiger partial charge on any atom is -0.455 e. The van der Waals surface area contributed by atoms with Crippen LogP contribution in [0.1, 0.15) is 37.9 Å². The molecular formula is C18H19FN2O2. The van der Waals surface area contributed by atoms with E-state index in [9.17, 15) is 9.18 Å². The highest BCUT2D eigenvalue weighted by Gasteiger charge is 2.20. The van der Waals surface area contributed by atoms with Gasteiger partial charge in [-0.15, -0.1) is 0 Å². The summed E-state index contributed by atoms with van der Waals surface area (Å²) < 4.78 is 18.5. The first kappa shape index (κ1) is 15.5.